The van der Waals surface area contributed by atoms with Crippen LogP contribution in [0.5, 0.6) is 0 Å². The van der Waals surface area contributed by atoms with E-state index < -0.39 is 6.85 Å². The summed E-state index contributed by atoms with van der Waals surface area (Å²) in [5, 5.41) is 1.06. The van der Waals surface area contributed by atoms with Crippen molar-refractivity contribution in [1.29, 1.82) is 0 Å². The van der Waals surface area contributed by atoms with E-state index >= 15 is 0 Å². The molecule has 0 aliphatic carbocycles. The Kier molecular flexibility index (Phi) is 10.4. The van der Waals surface area contributed by atoms with Gasteiger partial charge in [0, 0.05) is 47.9 Å². The molecule has 8 rings (SSSR count). The first-order chi connectivity index (χ1) is 26.1. The maximum absolute atomic E-state index is 7.23. The number of imidazole rings is 1. The fourth-order valence-corrected chi connectivity index (χ4v) is 6.57. The second-order valence-corrected chi connectivity index (χ2v) is 13.5. The monoisotopic (exact) mass is 861 g/mol. The van der Waals surface area contributed by atoms with Crippen molar-refractivity contribution in [2.45, 2.75) is 59.2 Å². The summed E-state index contributed by atoms with van der Waals surface area (Å²) in [7, 11) is 0. The van der Waals surface area contributed by atoms with Crippen LogP contribution in [0.2, 0.25) is 0 Å². The predicted molar refractivity (Wildman–Crippen MR) is 210 cm³/mol. The Hall–Kier alpha value is -5.09. The Morgan fingerprint density at radius 1 is 0.750 bits per heavy atom. The van der Waals surface area contributed by atoms with E-state index in [0.717, 1.165) is 57.5 Å². The van der Waals surface area contributed by atoms with Gasteiger partial charge in [0.1, 0.15) is 0 Å². The molecule has 0 N–H and O–H groups in total. The van der Waals surface area contributed by atoms with Gasteiger partial charge in [-0.25, -0.2) is 0 Å². The summed E-state index contributed by atoms with van der Waals surface area (Å²) in [5.41, 5.74) is 12.2. The number of rotatable bonds is 8. The normalized spacial score (nSPS) is 12.2. The number of furan rings is 1. The second kappa shape index (κ2) is 16.5. The van der Waals surface area contributed by atoms with Crippen molar-refractivity contribution in [2.75, 3.05) is 0 Å². The molecule has 3 aromatic heterocycles. The van der Waals surface area contributed by atoms with Crippen LogP contribution in [0.4, 0.5) is 0 Å². The van der Waals surface area contributed by atoms with Crippen LogP contribution in [0.25, 0.3) is 50.3 Å². The quantitative estimate of drug-likeness (QED) is 0.143. The van der Waals surface area contributed by atoms with E-state index in [9.17, 15) is 0 Å². The molecule has 0 unspecified atom stereocenters. The molecule has 0 atom stereocenters. The number of benzene rings is 5. The zero-order chi connectivity index (χ0) is 37.8. The third-order valence-electron chi connectivity index (χ3n) is 9.22. The van der Waals surface area contributed by atoms with E-state index in [1.54, 1.807) is 18.2 Å². The number of aromatic nitrogens is 3. The Labute approximate surface area is 325 Å². The molecule has 0 aliphatic rings. The first-order valence-electron chi connectivity index (χ1n) is 19.1. The predicted octanol–water partition coefficient (Wildman–Crippen LogP) is 12.1. The third-order valence-corrected chi connectivity index (χ3v) is 9.22. The van der Waals surface area contributed by atoms with Crippen LogP contribution in [-0.2, 0) is 32.9 Å². The first-order valence-corrected chi connectivity index (χ1v) is 17.6. The van der Waals surface area contributed by atoms with E-state index in [1.807, 2.05) is 18.2 Å². The molecule has 4 nitrogen and oxygen atoms in total. The molecular weight excluding hydrogens is 815 g/mol. The maximum atomic E-state index is 7.23. The van der Waals surface area contributed by atoms with Crippen LogP contribution in [-0.4, -0.2) is 14.5 Å². The van der Waals surface area contributed by atoms with Crippen molar-refractivity contribution in [3.05, 3.63) is 174 Å². The zero-order valence-electron chi connectivity index (χ0n) is 32.9. The minimum atomic E-state index is -2.09. The first kappa shape index (κ1) is 32.8. The molecular formula is C47H43IrN3O-2. The summed E-state index contributed by atoms with van der Waals surface area (Å²) < 4.78 is 30.0. The van der Waals surface area contributed by atoms with Crippen LogP contribution in [0.1, 0.15) is 71.5 Å². The standard InChI is InChI=1S/C35H33N2O.C12H10N.Ir/c1-23(2)27-13-10-14-28(24(3)4)34(27)37-32-16-9-8-15-31(32)36-35(37)30-22-38-33-20-19-26(21-29(30)33)18-17-25-11-6-5-7-12-25;1-10-7-8-12(13-9-10)11-5-3-2-4-6-11;/h5-16,19-21,23-24H,17-18H2,1-4H3;2-5,7-9H,1H3;/q2*-1;/i;1D3;. The van der Waals surface area contributed by atoms with Gasteiger partial charge in [0.25, 0.3) is 0 Å². The van der Waals surface area contributed by atoms with Crippen LogP contribution in [0.15, 0.2) is 138 Å². The molecule has 0 saturated carbocycles. The SMILES string of the molecule is CC(C)c1cccc(C(C)C)c1-n1c(-c2[c-]oc3ccc(CCc4ccccc4)cc23)nc2ccccc21.[2H]C([2H])([2H])c1ccc(-c2[c-]cccc2)nc1.[Ir]. The molecule has 0 amide bonds. The third kappa shape index (κ3) is 7.87. The number of hydrogen-bond donors (Lipinski definition) is 0. The molecule has 0 fully saturated rings. The van der Waals surface area contributed by atoms with Gasteiger partial charge in [0.15, 0.2) is 0 Å². The Balaban J connectivity index is 0.000000254. The fraction of sp³-hybridized carbons (Fsp3) is 0.191. The maximum Gasteiger partial charge on any atom is 0.0774 e. The molecule has 0 saturated heterocycles. The van der Waals surface area contributed by atoms with Gasteiger partial charge in [-0.1, -0.05) is 135 Å². The van der Waals surface area contributed by atoms with Crippen molar-refractivity contribution >= 4 is 22.0 Å². The molecule has 263 valence electrons. The molecule has 0 aliphatic heterocycles. The van der Waals surface area contributed by atoms with Crippen molar-refractivity contribution in [1.82, 2.24) is 14.5 Å². The van der Waals surface area contributed by atoms with E-state index in [4.69, 9.17) is 13.5 Å². The van der Waals surface area contributed by atoms with E-state index in [0.29, 0.717) is 11.8 Å². The average molecular weight is 861 g/mol. The van der Waals surface area contributed by atoms with Crippen molar-refractivity contribution in [3.63, 3.8) is 0 Å². The Morgan fingerprint density at radius 2 is 1.48 bits per heavy atom. The number of para-hydroxylation sites is 3. The van der Waals surface area contributed by atoms with Gasteiger partial charge in [-0.3, -0.25) is 4.98 Å². The average Bonchev–Trinajstić information content (AvgIpc) is 3.78. The summed E-state index contributed by atoms with van der Waals surface area (Å²) in [6.45, 7) is 6.96. The van der Waals surface area contributed by atoms with Gasteiger partial charge in [-0.2, -0.15) is 0 Å². The topological polar surface area (TPSA) is 43.9 Å². The van der Waals surface area contributed by atoms with Crippen LogP contribution >= 0.6 is 0 Å². The van der Waals surface area contributed by atoms with E-state index in [1.165, 1.54) is 34.1 Å². The van der Waals surface area contributed by atoms with Crippen LogP contribution < -0.4 is 0 Å². The van der Waals surface area contributed by atoms with Gasteiger partial charge in [0.05, 0.1) is 16.9 Å². The van der Waals surface area contributed by atoms with Crippen molar-refractivity contribution < 1.29 is 28.6 Å². The summed E-state index contributed by atoms with van der Waals surface area (Å²) in [4.78, 5) is 9.30. The molecule has 52 heavy (non-hydrogen) atoms. The van der Waals surface area contributed by atoms with Crippen LogP contribution in [0.3, 0.4) is 0 Å². The minimum absolute atomic E-state index is 0. The summed E-state index contributed by atoms with van der Waals surface area (Å²) >= 11 is 0. The Bertz CT molecular complexity index is 2460. The van der Waals surface area contributed by atoms with Gasteiger partial charge in [0.2, 0.25) is 0 Å². The summed E-state index contributed by atoms with van der Waals surface area (Å²) in [6, 6.07) is 46.0. The van der Waals surface area contributed by atoms with Gasteiger partial charge in [-0.15, -0.1) is 35.9 Å². The Morgan fingerprint density at radius 3 is 2.17 bits per heavy atom. The number of fused-ring (bicyclic) bond motifs is 2. The number of hydrogen-bond acceptors (Lipinski definition) is 3. The fourth-order valence-electron chi connectivity index (χ4n) is 6.57. The molecule has 5 heteroatoms. The largest absolute Gasteiger partial charge is 0.557 e. The smallest absolute Gasteiger partial charge is 0.0774 e. The molecule has 3 heterocycles. The minimum Gasteiger partial charge on any atom is -0.557 e. The number of pyridine rings is 1. The van der Waals surface area contributed by atoms with Gasteiger partial charge in [-0.05, 0) is 71.6 Å². The number of aryl methyl sites for hydroxylation is 3. The molecule has 8 aromatic rings. The second-order valence-electron chi connectivity index (χ2n) is 13.5. The van der Waals surface area contributed by atoms with Crippen molar-refractivity contribution in [3.8, 4) is 28.3 Å². The zero-order valence-corrected chi connectivity index (χ0v) is 32.2. The van der Waals surface area contributed by atoms with Crippen LogP contribution in [0, 0.1) is 19.2 Å². The number of nitrogens with zero attached hydrogens (tertiary/aromatic N) is 3. The van der Waals surface area contributed by atoms with Gasteiger partial charge >= 0.3 is 0 Å². The molecule has 5 aromatic carbocycles. The van der Waals surface area contributed by atoms with E-state index in [-0.39, 0.29) is 25.7 Å². The van der Waals surface area contributed by atoms with Crippen molar-refractivity contribution in [2.24, 2.45) is 0 Å². The molecule has 1 radical (unpaired) electrons. The van der Waals surface area contributed by atoms with Gasteiger partial charge < -0.3 is 14.0 Å². The molecule has 0 bridgehead atoms. The summed E-state index contributed by atoms with van der Waals surface area (Å²) in [5.74, 6) is 1.61. The summed E-state index contributed by atoms with van der Waals surface area (Å²) in [6.07, 6.45) is 6.60. The van der Waals surface area contributed by atoms with E-state index in [2.05, 4.69) is 141 Å². The molecule has 0 spiro atoms.